The molecule has 2 aromatic rings. The van der Waals surface area contributed by atoms with Crippen LogP contribution in [0.1, 0.15) is 47.3 Å². The molecule has 0 saturated heterocycles. The van der Waals surface area contributed by atoms with Gasteiger partial charge in [-0.2, -0.15) is 4.98 Å². The molecule has 3 rings (SSSR count). The fourth-order valence-electron chi connectivity index (χ4n) is 2.83. The molecule has 2 heterocycles. The SMILES string of the molecule is CCc1nc2c(s1)[C@H](N(C)Cc1nc(N(C)C)no1)CCC2. The standard InChI is InChI=1S/C15H23N5OS/c1-5-13-16-10-7-6-8-11(14(10)22-13)20(4)9-12-17-15(18-21-12)19(2)3/h11H,5-9H2,1-4H3/t11-/m1/s1. The highest BCUT2D eigenvalue weighted by Crippen LogP contribution is 2.38. The quantitative estimate of drug-likeness (QED) is 0.844. The maximum Gasteiger partial charge on any atom is 0.265 e. The third kappa shape index (κ3) is 3.01. The minimum absolute atomic E-state index is 0.413. The molecule has 0 N–H and O–H groups in total. The van der Waals surface area contributed by atoms with E-state index in [1.165, 1.54) is 28.4 Å². The van der Waals surface area contributed by atoms with Gasteiger partial charge < -0.3 is 9.42 Å². The van der Waals surface area contributed by atoms with E-state index in [9.17, 15) is 0 Å². The Hall–Kier alpha value is -1.47. The summed E-state index contributed by atoms with van der Waals surface area (Å²) in [6.45, 7) is 2.84. The van der Waals surface area contributed by atoms with Crippen LogP contribution in [0, 0.1) is 0 Å². The number of rotatable bonds is 5. The number of hydrogen-bond acceptors (Lipinski definition) is 7. The van der Waals surface area contributed by atoms with E-state index in [0.29, 0.717) is 24.4 Å². The number of aryl methyl sites for hydroxylation is 2. The third-order valence-electron chi connectivity index (χ3n) is 4.04. The van der Waals surface area contributed by atoms with E-state index in [-0.39, 0.29) is 0 Å². The molecular formula is C15H23N5OS. The van der Waals surface area contributed by atoms with Crippen molar-refractivity contribution in [3.8, 4) is 0 Å². The van der Waals surface area contributed by atoms with Gasteiger partial charge in [0.2, 0.25) is 5.89 Å². The molecule has 0 unspecified atom stereocenters. The van der Waals surface area contributed by atoms with Crippen LogP contribution >= 0.6 is 11.3 Å². The molecule has 0 radical (unpaired) electrons. The molecule has 120 valence electrons. The Morgan fingerprint density at radius 1 is 1.27 bits per heavy atom. The summed E-state index contributed by atoms with van der Waals surface area (Å²) in [6.07, 6.45) is 4.50. The smallest absolute Gasteiger partial charge is 0.265 e. The van der Waals surface area contributed by atoms with E-state index in [0.717, 1.165) is 12.8 Å². The van der Waals surface area contributed by atoms with Crippen molar-refractivity contribution in [3.63, 3.8) is 0 Å². The normalized spacial score (nSPS) is 17.8. The summed E-state index contributed by atoms with van der Waals surface area (Å²) in [5.74, 6) is 1.29. The van der Waals surface area contributed by atoms with Crippen molar-refractivity contribution < 1.29 is 4.52 Å². The van der Waals surface area contributed by atoms with E-state index >= 15 is 0 Å². The Bertz CT molecular complexity index is 636. The Morgan fingerprint density at radius 3 is 2.77 bits per heavy atom. The Kier molecular flexibility index (Phi) is 4.44. The van der Waals surface area contributed by atoms with Crippen LogP contribution in [0.2, 0.25) is 0 Å². The van der Waals surface area contributed by atoms with Crippen molar-refractivity contribution >= 4 is 17.3 Å². The lowest BCUT2D eigenvalue weighted by Crippen LogP contribution is -2.26. The van der Waals surface area contributed by atoms with Crippen molar-refractivity contribution in [2.24, 2.45) is 0 Å². The van der Waals surface area contributed by atoms with Gasteiger partial charge in [-0.1, -0.05) is 6.92 Å². The van der Waals surface area contributed by atoms with Crippen LogP contribution in [-0.4, -0.2) is 41.2 Å². The van der Waals surface area contributed by atoms with Gasteiger partial charge in [0.15, 0.2) is 0 Å². The van der Waals surface area contributed by atoms with Gasteiger partial charge >= 0.3 is 0 Å². The first kappa shape index (κ1) is 15.4. The summed E-state index contributed by atoms with van der Waals surface area (Å²) in [4.78, 5) is 14.8. The first-order chi connectivity index (χ1) is 10.6. The van der Waals surface area contributed by atoms with Gasteiger partial charge in [0.1, 0.15) is 0 Å². The van der Waals surface area contributed by atoms with Gasteiger partial charge in [-0.05, 0) is 37.9 Å². The molecule has 1 atom stereocenters. The first-order valence-corrected chi connectivity index (χ1v) is 8.58. The molecule has 6 nitrogen and oxygen atoms in total. The van der Waals surface area contributed by atoms with Crippen LogP contribution in [0.4, 0.5) is 5.95 Å². The molecule has 7 heteroatoms. The molecule has 0 spiro atoms. The number of anilines is 1. The van der Waals surface area contributed by atoms with Gasteiger partial charge in [0.25, 0.3) is 5.95 Å². The van der Waals surface area contributed by atoms with Crippen LogP contribution in [0.5, 0.6) is 0 Å². The van der Waals surface area contributed by atoms with Crippen molar-refractivity contribution in [1.29, 1.82) is 0 Å². The highest BCUT2D eigenvalue weighted by molar-refractivity contribution is 7.11. The lowest BCUT2D eigenvalue weighted by Gasteiger charge is -2.29. The summed E-state index contributed by atoms with van der Waals surface area (Å²) >= 11 is 1.86. The summed E-state index contributed by atoms with van der Waals surface area (Å²) < 4.78 is 5.35. The predicted octanol–water partition coefficient (Wildman–Crippen LogP) is 2.66. The molecule has 0 saturated carbocycles. The molecular weight excluding hydrogens is 298 g/mol. The lowest BCUT2D eigenvalue weighted by molar-refractivity contribution is 0.189. The molecule has 0 bridgehead atoms. The minimum atomic E-state index is 0.413. The summed E-state index contributed by atoms with van der Waals surface area (Å²) in [5.41, 5.74) is 1.30. The lowest BCUT2D eigenvalue weighted by atomic mass is 9.97. The highest BCUT2D eigenvalue weighted by atomic mass is 32.1. The predicted molar refractivity (Wildman–Crippen MR) is 87.3 cm³/mol. The minimum Gasteiger partial charge on any atom is -0.344 e. The summed E-state index contributed by atoms with van der Waals surface area (Å²) in [5, 5.41) is 5.23. The largest absolute Gasteiger partial charge is 0.344 e. The molecule has 0 amide bonds. The van der Waals surface area contributed by atoms with E-state index in [2.05, 4.69) is 29.0 Å². The Balaban J connectivity index is 1.75. The molecule has 1 aliphatic carbocycles. The highest BCUT2D eigenvalue weighted by Gasteiger charge is 2.28. The third-order valence-corrected chi connectivity index (χ3v) is 5.39. The average molecular weight is 321 g/mol. The number of hydrogen-bond donors (Lipinski definition) is 0. The zero-order valence-corrected chi connectivity index (χ0v) is 14.5. The fourth-order valence-corrected chi connectivity index (χ4v) is 4.09. The van der Waals surface area contributed by atoms with E-state index in [1.54, 1.807) is 0 Å². The van der Waals surface area contributed by atoms with Crippen molar-refractivity contribution in [2.75, 3.05) is 26.0 Å². The number of fused-ring (bicyclic) bond motifs is 1. The zero-order valence-electron chi connectivity index (χ0n) is 13.7. The topological polar surface area (TPSA) is 58.3 Å². The number of nitrogens with zero attached hydrogens (tertiary/aromatic N) is 5. The van der Waals surface area contributed by atoms with E-state index < -0.39 is 0 Å². The Morgan fingerprint density at radius 2 is 2.09 bits per heavy atom. The zero-order chi connectivity index (χ0) is 15.7. The Labute approximate surface area is 135 Å². The molecule has 2 aromatic heterocycles. The monoisotopic (exact) mass is 321 g/mol. The molecule has 0 aliphatic heterocycles. The molecule has 22 heavy (non-hydrogen) atoms. The second-order valence-electron chi connectivity index (χ2n) is 5.98. The van der Waals surface area contributed by atoms with Gasteiger partial charge in [-0.15, -0.1) is 11.3 Å². The number of thiazole rings is 1. The van der Waals surface area contributed by atoms with E-state index in [1.807, 2.05) is 30.3 Å². The summed E-state index contributed by atoms with van der Waals surface area (Å²) in [7, 11) is 5.95. The van der Waals surface area contributed by atoms with Gasteiger partial charge in [0.05, 0.1) is 17.2 Å². The van der Waals surface area contributed by atoms with Crippen LogP contribution < -0.4 is 4.90 Å². The van der Waals surface area contributed by atoms with E-state index in [4.69, 9.17) is 9.51 Å². The van der Waals surface area contributed by atoms with Gasteiger partial charge in [-0.25, -0.2) is 4.98 Å². The first-order valence-electron chi connectivity index (χ1n) is 7.77. The molecule has 1 aliphatic rings. The van der Waals surface area contributed by atoms with Gasteiger partial charge in [-0.3, -0.25) is 4.90 Å². The maximum absolute atomic E-state index is 5.35. The van der Waals surface area contributed by atoms with Crippen molar-refractivity contribution in [2.45, 2.75) is 45.2 Å². The second kappa shape index (κ2) is 6.34. The van der Waals surface area contributed by atoms with Crippen LogP contribution in [-0.2, 0) is 19.4 Å². The van der Waals surface area contributed by atoms with Crippen LogP contribution in [0.25, 0.3) is 0 Å². The molecule has 0 fully saturated rings. The van der Waals surface area contributed by atoms with Crippen LogP contribution in [0.15, 0.2) is 4.52 Å². The maximum atomic E-state index is 5.35. The summed E-state index contributed by atoms with van der Waals surface area (Å²) in [6, 6.07) is 0.413. The van der Waals surface area contributed by atoms with Crippen molar-refractivity contribution in [3.05, 3.63) is 21.5 Å². The average Bonchev–Trinajstić information content (AvgIpc) is 3.12. The van der Waals surface area contributed by atoms with Gasteiger partial charge in [0, 0.05) is 25.0 Å². The second-order valence-corrected chi connectivity index (χ2v) is 7.09. The number of aromatic nitrogens is 3. The van der Waals surface area contributed by atoms with Crippen molar-refractivity contribution in [1.82, 2.24) is 20.0 Å². The fraction of sp³-hybridized carbons (Fsp3) is 0.667. The van der Waals surface area contributed by atoms with Crippen LogP contribution in [0.3, 0.4) is 0 Å². The molecule has 0 aromatic carbocycles.